The average molecular weight is 255 g/mol. The molecule has 0 aromatic heterocycles. The lowest BCUT2D eigenvalue weighted by Crippen LogP contribution is -2.25. The van der Waals surface area contributed by atoms with Crippen molar-refractivity contribution in [1.29, 1.82) is 0 Å². The highest BCUT2D eigenvalue weighted by Crippen LogP contribution is 2.35. The highest BCUT2D eigenvalue weighted by molar-refractivity contribution is 5.34. The molecular formula is C17H18FN. The van der Waals surface area contributed by atoms with Crippen LogP contribution in [-0.4, -0.2) is 7.05 Å². The Morgan fingerprint density at radius 3 is 2.11 bits per heavy atom. The zero-order chi connectivity index (χ0) is 13.2. The number of fused-ring (bicyclic) bond motifs is 1. The summed E-state index contributed by atoms with van der Waals surface area (Å²) >= 11 is 0. The first-order valence-corrected chi connectivity index (χ1v) is 6.77. The van der Waals surface area contributed by atoms with Crippen LogP contribution in [0.2, 0.25) is 0 Å². The van der Waals surface area contributed by atoms with Crippen molar-refractivity contribution >= 4 is 0 Å². The third-order valence-electron chi connectivity index (χ3n) is 4.09. The van der Waals surface area contributed by atoms with Crippen LogP contribution in [0, 0.1) is 11.7 Å². The molecule has 1 unspecified atom stereocenters. The summed E-state index contributed by atoms with van der Waals surface area (Å²) in [6.45, 7) is 0. The largest absolute Gasteiger partial charge is 0.313 e. The van der Waals surface area contributed by atoms with Crippen molar-refractivity contribution in [3.8, 4) is 0 Å². The highest BCUT2D eigenvalue weighted by Gasteiger charge is 2.28. The van der Waals surface area contributed by atoms with Gasteiger partial charge in [-0.1, -0.05) is 36.4 Å². The Labute approximate surface area is 113 Å². The molecule has 1 nitrogen and oxygen atoms in total. The van der Waals surface area contributed by atoms with Crippen LogP contribution >= 0.6 is 0 Å². The molecule has 0 fully saturated rings. The molecule has 19 heavy (non-hydrogen) atoms. The van der Waals surface area contributed by atoms with Gasteiger partial charge < -0.3 is 5.32 Å². The third-order valence-corrected chi connectivity index (χ3v) is 4.09. The molecule has 1 aliphatic carbocycles. The molecule has 0 amide bonds. The lowest BCUT2D eigenvalue weighted by Gasteiger charge is -2.23. The van der Waals surface area contributed by atoms with Crippen LogP contribution in [0.3, 0.4) is 0 Å². The number of rotatable bonds is 3. The number of benzene rings is 2. The van der Waals surface area contributed by atoms with Gasteiger partial charge in [-0.2, -0.15) is 0 Å². The van der Waals surface area contributed by atoms with Gasteiger partial charge in [-0.25, -0.2) is 4.39 Å². The summed E-state index contributed by atoms with van der Waals surface area (Å²) < 4.78 is 13.0. The van der Waals surface area contributed by atoms with Crippen molar-refractivity contribution < 1.29 is 4.39 Å². The predicted molar refractivity (Wildman–Crippen MR) is 75.5 cm³/mol. The van der Waals surface area contributed by atoms with Gasteiger partial charge in [0.1, 0.15) is 5.82 Å². The van der Waals surface area contributed by atoms with Crippen molar-refractivity contribution in [2.75, 3.05) is 7.05 Å². The minimum absolute atomic E-state index is 0.173. The van der Waals surface area contributed by atoms with Gasteiger partial charge in [0.25, 0.3) is 0 Å². The van der Waals surface area contributed by atoms with Crippen LogP contribution in [0.25, 0.3) is 0 Å². The van der Waals surface area contributed by atoms with E-state index in [1.807, 2.05) is 19.2 Å². The minimum atomic E-state index is -0.173. The molecule has 0 aliphatic heterocycles. The fourth-order valence-corrected chi connectivity index (χ4v) is 3.17. The summed E-state index contributed by atoms with van der Waals surface area (Å²) in [7, 11) is 1.98. The standard InChI is InChI=1S/C17H18FN/c1-19-17(12-6-8-16(18)9-7-12)15-10-13-4-2-3-5-14(13)11-15/h2-9,15,17,19H,10-11H2,1H3. The molecule has 0 saturated carbocycles. The second-order valence-electron chi connectivity index (χ2n) is 5.25. The fraction of sp³-hybridized carbons (Fsp3) is 0.294. The first-order chi connectivity index (χ1) is 9.28. The minimum Gasteiger partial charge on any atom is -0.313 e. The highest BCUT2D eigenvalue weighted by atomic mass is 19.1. The Hall–Kier alpha value is -1.67. The zero-order valence-electron chi connectivity index (χ0n) is 11.1. The molecule has 3 rings (SSSR count). The van der Waals surface area contributed by atoms with Gasteiger partial charge in [0, 0.05) is 6.04 Å². The Morgan fingerprint density at radius 2 is 1.58 bits per heavy atom. The monoisotopic (exact) mass is 255 g/mol. The van der Waals surface area contributed by atoms with E-state index in [9.17, 15) is 4.39 Å². The van der Waals surface area contributed by atoms with Crippen LogP contribution in [0.5, 0.6) is 0 Å². The summed E-state index contributed by atoms with van der Waals surface area (Å²) in [5.41, 5.74) is 4.08. The van der Waals surface area contributed by atoms with E-state index in [-0.39, 0.29) is 11.9 Å². The van der Waals surface area contributed by atoms with Crippen LogP contribution in [0.1, 0.15) is 22.7 Å². The maximum absolute atomic E-state index is 13.0. The van der Waals surface area contributed by atoms with E-state index in [2.05, 4.69) is 29.6 Å². The van der Waals surface area contributed by atoms with Crippen LogP contribution in [-0.2, 0) is 12.8 Å². The lowest BCUT2D eigenvalue weighted by atomic mass is 9.90. The molecule has 2 aromatic rings. The van der Waals surface area contributed by atoms with Gasteiger partial charge in [0.2, 0.25) is 0 Å². The molecule has 0 spiro atoms. The van der Waals surface area contributed by atoms with E-state index >= 15 is 0 Å². The molecule has 2 heteroatoms. The molecule has 0 radical (unpaired) electrons. The summed E-state index contributed by atoms with van der Waals surface area (Å²) in [6, 6.07) is 15.8. The number of hydrogen-bond acceptors (Lipinski definition) is 1. The smallest absolute Gasteiger partial charge is 0.123 e. The van der Waals surface area contributed by atoms with E-state index in [0.717, 1.165) is 12.8 Å². The molecule has 98 valence electrons. The van der Waals surface area contributed by atoms with Gasteiger partial charge >= 0.3 is 0 Å². The van der Waals surface area contributed by atoms with Crippen LogP contribution < -0.4 is 5.32 Å². The normalized spacial score (nSPS) is 16.3. The Bertz CT molecular complexity index is 537. The third kappa shape index (κ3) is 2.41. The molecule has 2 aromatic carbocycles. The summed E-state index contributed by atoms with van der Waals surface area (Å²) in [6.07, 6.45) is 2.19. The zero-order valence-corrected chi connectivity index (χ0v) is 11.1. The van der Waals surface area contributed by atoms with Gasteiger partial charge in [-0.05, 0) is 54.6 Å². The molecule has 1 atom stereocenters. The van der Waals surface area contributed by atoms with Gasteiger partial charge in [-0.15, -0.1) is 0 Å². The molecule has 0 bridgehead atoms. The summed E-state index contributed by atoms with van der Waals surface area (Å²) in [5, 5.41) is 3.39. The first-order valence-electron chi connectivity index (χ1n) is 6.77. The fourth-order valence-electron chi connectivity index (χ4n) is 3.17. The number of hydrogen-bond donors (Lipinski definition) is 1. The van der Waals surface area contributed by atoms with Gasteiger partial charge in [-0.3, -0.25) is 0 Å². The van der Waals surface area contributed by atoms with Crippen molar-refractivity contribution in [1.82, 2.24) is 5.32 Å². The Balaban J connectivity index is 1.83. The van der Waals surface area contributed by atoms with Crippen LogP contribution in [0.15, 0.2) is 48.5 Å². The van der Waals surface area contributed by atoms with E-state index in [4.69, 9.17) is 0 Å². The topological polar surface area (TPSA) is 12.0 Å². The van der Waals surface area contributed by atoms with Gasteiger partial charge in [0.05, 0.1) is 0 Å². The summed E-state index contributed by atoms with van der Waals surface area (Å²) in [4.78, 5) is 0. The van der Waals surface area contributed by atoms with Gasteiger partial charge in [0.15, 0.2) is 0 Å². The maximum atomic E-state index is 13.0. The SMILES string of the molecule is CNC(c1ccc(F)cc1)C1Cc2ccccc2C1. The number of nitrogens with one attached hydrogen (secondary N) is 1. The molecule has 1 N–H and O–H groups in total. The molecule has 1 aliphatic rings. The van der Waals surface area contributed by atoms with Crippen LogP contribution in [0.4, 0.5) is 4.39 Å². The summed E-state index contributed by atoms with van der Waals surface area (Å²) in [5.74, 6) is 0.376. The number of halogens is 1. The van der Waals surface area contributed by atoms with Crippen molar-refractivity contribution in [3.63, 3.8) is 0 Å². The second-order valence-corrected chi connectivity index (χ2v) is 5.25. The van der Waals surface area contributed by atoms with E-state index < -0.39 is 0 Å². The maximum Gasteiger partial charge on any atom is 0.123 e. The van der Waals surface area contributed by atoms with Crippen molar-refractivity contribution in [2.45, 2.75) is 18.9 Å². The van der Waals surface area contributed by atoms with E-state index in [1.54, 1.807) is 12.1 Å². The van der Waals surface area contributed by atoms with E-state index in [0.29, 0.717) is 5.92 Å². The van der Waals surface area contributed by atoms with E-state index in [1.165, 1.54) is 16.7 Å². The molecule has 0 saturated heterocycles. The average Bonchev–Trinajstić information content (AvgIpc) is 2.85. The quantitative estimate of drug-likeness (QED) is 0.885. The molecular weight excluding hydrogens is 237 g/mol. The Kier molecular flexibility index (Phi) is 3.34. The lowest BCUT2D eigenvalue weighted by molar-refractivity contribution is 0.396. The Morgan fingerprint density at radius 1 is 1.00 bits per heavy atom. The second kappa shape index (κ2) is 5.14. The molecule has 0 heterocycles. The van der Waals surface area contributed by atoms with Crippen molar-refractivity contribution in [2.24, 2.45) is 5.92 Å². The predicted octanol–water partition coefficient (Wildman–Crippen LogP) is 3.50. The first kappa shape index (κ1) is 12.4. The van der Waals surface area contributed by atoms with Crippen molar-refractivity contribution in [3.05, 3.63) is 71.0 Å².